The number of carbonyl (C=O) groups excluding carboxylic acids is 1. The fraction of sp³-hybridized carbons (Fsp3) is 0.211. The summed E-state index contributed by atoms with van der Waals surface area (Å²) in [6.07, 6.45) is 2.57. The summed E-state index contributed by atoms with van der Waals surface area (Å²) in [4.78, 5) is 28.7. The van der Waals surface area contributed by atoms with Crippen molar-refractivity contribution in [1.29, 1.82) is 0 Å². The number of rotatable bonds is 5. The molecule has 0 atom stereocenters. The molecule has 0 aliphatic heterocycles. The normalized spacial score (nSPS) is 10.6. The van der Waals surface area contributed by atoms with E-state index in [0.717, 1.165) is 17.7 Å². The minimum absolute atomic E-state index is 0.138. The lowest BCUT2D eigenvalue weighted by molar-refractivity contribution is 0.102. The maximum absolute atomic E-state index is 12.4. The average Bonchev–Trinajstić information content (AvgIpc) is 3.02. The minimum atomic E-state index is -0.274. The van der Waals surface area contributed by atoms with Gasteiger partial charge in [-0.15, -0.1) is 11.3 Å². The molecule has 0 aliphatic carbocycles. The third-order valence-electron chi connectivity index (χ3n) is 3.87. The van der Waals surface area contributed by atoms with Crippen molar-refractivity contribution >= 4 is 22.4 Å². The van der Waals surface area contributed by atoms with Gasteiger partial charge in [-0.05, 0) is 30.5 Å². The van der Waals surface area contributed by atoms with Crippen LogP contribution in [0.3, 0.4) is 0 Å². The highest BCUT2D eigenvalue weighted by molar-refractivity contribution is 7.13. The molecular formula is C19H19N3O2S. The van der Waals surface area contributed by atoms with Crippen molar-refractivity contribution in [2.75, 3.05) is 5.32 Å². The van der Waals surface area contributed by atoms with Crippen molar-refractivity contribution in [3.8, 4) is 0 Å². The maximum atomic E-state index is 12.4. The molecule has 3 rings (SSSR count). The summed E-state index contributed by atoms with van der Waals surface area (Å²) in [7, 11) is 0. The first-order valence-electron chi connectivity index (χ1n) is 8.07. The standard InChI is InChI=1S/C19H19N3O2S/c1-3-14-4-6-15(7-5-14)10-22-11-16(8-9-17(22)23)18(24)21-19-20-13(2)12-25-19/h4-9,11-12H,3,10H2,1-2H3,(H,20,21,24). The monoisotopic (exact) mass is 353 g/mol. The van der Waals surface area contributed by atoms with Gasteiger partial charge in [0.25, 0.3) is 11.5 Å². The van der Waals surface area contributed by atoms with Crippen LogP contribution in [0.4, 0.5) is 5.13 Å². The topological polar surface area (TPSA) is 64.0 Å². The van der Waals surface area contributed by atoms with E-state index in [2.05, 4.69) is 29.4 Å². The second kappa shape index (κ2) is 7.44. The smallest absolute Gasteiger partial charge is 0.258 e. The Bertz CT molecular complexity index is 942. The molecule has 0 fully saturated rings. The first kappa shape index (κ1) is 17.1. The summed E-state index contributed by atoms with van der Waals surface area (Å²) < 4.78 is 1.54. The molecule has 2 aromatic heterocycles. The van der Waals surface area contributed by atoms with Crippen molar-refractivity contribution in [2.24, 2.45) is 0 Å². The van der Waals surface area contributed by atoms with Crippen molar-refractivity contribution < 1.29 is 4.79 Å². The van der Waals surface area contributed by atoms with Gasteiger partial charge in [-0.3, -0.25) is 14.9 Å². The third kappa shape index (κ3) is 4.22. The number of hydrogen-bond acceptors (Lipinski definition) is 4. The van der Waals surface area contributed by atoms with Crippen molar-refractivity contribution in [2.45, 2.75) is 26.8 Å². The number of thiazole rings is 1. The van der Waals surface area contributed by atoms with Crippen molar-refractivity contribution in [3.05, 3.63) is 80.7 Å². The van der Waals surface area contributed by atoms with Crippen LogP contribution in [0.2, 0.25) is 0 Å². The van der Waals surface area contributed by atoms with E-state index in [0.29, 0.717) is 17.2 Å². The van der Waals surface area contributed by atoms with Gasteiger partial charge in [0.05, 0.1) is 17.8 Å². The van der Waals surface area contributed by atoms with Gasteiger partial charge in [0, 0.05) is 17.6 Å². The van der Waals surface area contributed by atoms with Crippen LogP contribution in [-0.2, 0) is 13.0 Å². The van der Waals surface area contributed by atoms with Crippen LogP contribution in [0, 0.1) is 6.92 Å². The minimum Gasteiger partial charge on any atom is -0.310 e. The predicted octanol–water partition coefficient (Wildman–Crippen LogP) is 3.48. The van der Waals surface area contributed by atoms with Gasteiger partial charge in [0.15, 0.2) is 5.13 Å². The van der Waals surface area contributed by atoms with Crippen LogP contribution in [0.1, 0.15) is 34.1 Å². The van der Waals surface area contributed by atoms with Gasteiger partial charge in [-0.1, -0.05) is 31.2 Å². The van der Waals surface area contributed by atoms with Crippen LogP contribution < -0.4 is 10.9 Å². The van der Waals surface area contributed by atoms with Gasteiger partial charge in [0.2, 0.25) is 0 Å². The van der Waals surface area contributed by atoms with Crippen molar-refractivity contribution in [1.82, 2.24) is 9.55 Å². The lowest BCUT2D eigenvalue weighted by Crippen LogP contribution is -2.22. The number of amides is 1. The number of aromatic nitrogens is 2. The first-order valence-corrected chi connectivity index (χ1v) is 8.95. The van der Waals surface area contributed by atoms with Gasteiger partial charge in [-0.2, -0.15) is 0 Å². The molecule has 0 aliphatic rings. The Morgan fingerprint density at radius 2 is 1.88 bits per heavy atom. The number of pyridine rings is 1. The Kier molecular flexibility index (Phi) is 5.09. The molecule has 0 saturated carbocycles. The SMILES string of the molecule is CCc1ccc(Cn2cc(C(=O)Nc3nc(C)cs3)ccc2=O)cc1. The maximum Gasteiger partial charge on any atom is 0.258 e. The summed E-state index contributed by atoms with van der Waals surface area (Å²) in [5.41, 5.74) is 3.43. The summed E-state index contributed by atoms with van der Waals surface area (Å²) in [6.45, 7) is 4.40. The summed E-state index contributed by atoms with van der Waals surface area (Å²) in [5, 5.41) is 5.18. The molecule has 25 heavy (non-hydrogen) atoms. The van der Waals surface area contributed by atoms with Crippen LogP contribution in [-0.4, -0.2) is 15.5 Å². The Balaban J connectivity index is 1.79. The molecule has 5 nitrogen and oxygen atoms in total. The number of carbonyl (C=O) groups is 1. The van der Waals surface area contributed by atoms with Crippen LogP contribution in [0.5, 0.6) is 0 Å². The average molecular weight is 353 g/mol. The Labute approximate surface area is 150 Å². The van der Waals surface area contributed by atoms with Crippen LogP contribution >= 0.6 is 11.3 Å². The zero-order chi connectivity index (χ0) is 17.8. The van der Waals surface area contributed by atoms with E-state index in [1.54, 1.807) is 10.8 Å². The summed E-state index contributed by atoms with van der Waals surface area (Å²) >= 11 is 1.37. The molecule has 0 unspecified atom stereocenters. The highest BCUT2D eigenvalue weighted by Crippen LogP contribution is 2.15. The number of nitrogens with one attached hydrogen (secondary N) is 1. The quantitative estimate of drug-likeness (QED) is 0.764. The zero-order valence-electron chi connectivity index (χ0n) is 14.2. The summed E-state index contributed by atoms with van der Waals surface area (Å²) in [6, 6.07) is 11.1. The molecule has 1 amide bonds. The number of hydrogen-bond donors (Lipinski definition) is 1. The van der Waals surface area contributed by atoms with Gasteiger partial charge >= 0.3 is 0 Å². The third-order valence-corrected chi connectivity index (χ3v) is 4.74. The molecule has 0 bridgehead atoms. The van der Waals surface area contributed by atoms with E-state index in [1.165, 1.54) is 29.0 Å². The van der Waals surface area contributed by atoms with Gasteiger partial charge in [-0.25, -0.2) is 4.98 Å². The number of benzene rings is 1. The molecule has 6 heteroatoms. The number of nitrogens with zero attached hydrogens (tertiary/aromatic N) is 2. The van der Waals surface area contributed by atoms with E-state index < -0.39 is 0 Å². The van der Waals surface area contributed by atoms with E-state index in [9.17, 15) is 9.59 Å². The Hall–Kier alpha value is -2.73. The van der Waals surface area contributed by atoms with Gasteiger partial charge in [0.1, 0.15) is 0 Å². The van der Waals surface area contributed by atoms with Gasteiger partial charge < -0.3 is 4.57 Å². The number of anilines is 1. The molecule has 0 saturated heterocycles. The molecular weight excluding hydrogens is 334 g/mol. The van der Waals surface area contributed by atoms with E-state index in [-0.39, 0.29) is 11.5 Å². The molecule has 128 valence electrons. The van der Waals surface area contributed by atoms with E-state index >= 15 is 0 Å². The molecule has 0 radical (unpaired) electrons. The lowest BCUT2D eigenvalue weighted by Gasteiger charge is -2.09. The molecule has 1 aromatic carbocycles. The number of aryl methyl sites for hydroxylation is 2. The molecule has 2 heterocycles. The highest BCUT2D eigenvalue weighted by Gasteiger charge is 2.10. The fourth-order valence-corrected chi connectivity index (χ4v) is 3.13. The Morgan fingerprint density at radius 3 is 2.52 bits per heavy atom. The largest absolute Gasteiger partial charge is 0.310 e. The van der Waals surface area contributed by atoms with Crippen LogP contribution in [0.15, 0.2) is 52.8 Å². The molecule has 0 spiro atoms. The van der Waals surface area contributed by atoms with E-state index in [1.807, 2.05) is 24.4 Å². The van der Waals surface area contributed by atoms with Crippen molar-refractivity contribution in [3.63, 3.8) is 0 Å². The highest BCUT2D eigenvalue weighted by atomic mass is 32.1. The predicted molar refractivity (Wildman–Crippen MR) is 100 cm³/mol. The van der Waals surface area contributed by atoms with E-state index in [4.69, 9.17) is 0 Å². The van der Waals surface area contributed by atoms with Crippen LogP contribution in [0.25, 0.3) is 0 Å². The fourth-order valence-electron chi connectivity index (χ4n) is 2.45. The molecule has 1 N–H and O–H groups in total. The second-order valence-electron chi connectivity index (χ2n) is 5.80. The summed E-state index contributed by atoms with van der Waals surface area (Å²) in [5.74, 6) is -0.274. The first-order chi connectivity index (χ1) is 12.0. The Morgan fingerprint density at radius 1 is 1.16 bits per heavy atom. The second-order valence-corrected chi connectivity index (χ2v) is 6.66. The zero-order valence-corrected chi connectivity index (χ0v) is 15.0. The molecule has 3 aromatic rings. The lowest BCUT2D eigenvalue weighted by atomic mass is 10.1.